The van der Waals surface area contributed by atoms with Crippen molar-refractivity contribution >= 4 is 27.7 Å². The number of benzene rings is 1. The molecule has 1 aromatic rings. The molecule has 1 aromatic carbocycles. The molecule has 3 atom stereocenters. The van der Waals surface area contributed by atoms with Crippen LogP contribution in [0, 0.1) is 5.92 Å². The van der Waals surface area contributed by atoms with Crippen LogP contribution in [0.3, 0.4) is 0 Å². The summed E-state index contributed by atoms with van der Waals surface area (Å²) >= 11 is 3.34. The minimum Gasteiger partial charge on any atom is -0.353 e. The first-order valence-corrected chi connectivity index (χ1v) is 9.50. The third-order valence-electron chi connectivity index (χ3n) is 5.00. The second-order valence-electron chi connectivity index (χ2n) is 6.66. The molecule has 6 heteroatoms. The Labute approximate surface area is 151 Å². The summed E-state index contributed by atoms with van der Waals surface area (Å²) in [5, 5.41) is 9.22. The predicted molar refractivity (Wildman–Crippen MR) is 96.8 cm³/mol. The van der Waals surface area contributed by atoms with Gasteiger partial charge in [0.2, 0.25) is 5.91 Å². The van der Waals surface area contributed by atoms with Crippen molar-refractivity contribution in [2.75, 3.05) is 13.1 Å². The minimum absolute atomic E-state index is 0.0577. The molecule has 0 radical (unpaired) electrons. The summed E-state index contributed by atoms with van der Waals surface area (Å²) in [6.07, 6.45) is 5.94. The molecule has 1 saturated carbocycles. The van der Waals surface area contributed by atoms with E-state index in [1.54, 1.807) is 12.1 Å². The number of carbonyl (C=O) groups is 2. The Bertz CT molecular complexity index is 576. The molecule has 0 bridgehead atoms. The molecule has 2 amide bonds. The second-order valence-corrected chi connectivity index (χ2v) is 7.58. The van der Waals surface area contributed by atoms with Crippen molar-refractivity contribution in [3.63, 3.8) is 0 Å². The quantitative estimate of drug-likeness (QED) is 0.671. The van der Waals surface area contributed by atoms with Gasteiger partial charge in [0.15, 0.2) is 0 Å². The van der Waals surface area contributed by atoms with Crippen molar-refractivity contribution in [1.29, 1.82) is 0 Å². The Hall–Kier alpha value is -1.40. The van der Waals surface area contributed by atoms with Crippen LogP contribution in [0.1, 0.15) is 42.5 Å². The zero-order valence-corrected chi connectivity index (χ0v) is 15.3. The van der Waals surface area contributed by atoms with E-state index in [-0.39, 0.29) is 17.9 Å². The molecule has 3 unspecified atom stereocenters. The summed E-state index contributed by atoms with van der Waals surface area (Å²) in [6.45, 7) is 0.884. The van der Waals surface area contributed by atoms with E-state index in [1.165, 1.54) is 25.7 Å². The molecule has 5 nitrogen and oxygen atoms in total. The summed E-state index contributed by atoms with van der Waals surface area (Å²) in [4.78, 5) is 24.2. The van der Waals surface area contributed by atoms with E-state index in [0.29, 0.717) is 30.6 Å². The zero-order chi connectivity index (χ0) is 16.9. The van der Waals surface area contributed by atoms with Crippen LogP contribution < -0.4 is 16.0 Å². The van der Waals surface area contributed by atoms with Crippen LogP contribution in [0.2, 0.25) is 0 Å². The van der Waals surface area contributed by atoms with Crippen LogP contribution in [0.25, 0.3) is 0 Å². The number of carbonyl (C=O) groups excluding carboxylic acids is 2. The molecule has 24 heavy (non-hydrogen) atoms. The van der Waals surface area contributed by atoms with Gasteiger partial charge in [-0.15, -0.1) is 0 Å². The van der Waals surface area contributed by atoms with Gasteiger partial charge in [-0.3, -0.25) is 9.59 Å². The van der Waals surface area contributed by atoms with Gasteiger partial charge in [0.1, 0.15) is 0 Å². The summed E-state index contributed by atoms with van der Waals surface area (Å²) in [5.41, 5.74) is 0.617. The molecule has 0 aromatic heterocycles. The number of hydrogen-bond acceptors (Lipinski definition) is 3. The molecule has 1 heterocycles. The number of hydrogen-bond donors (Lipinski definition) is 3. The van der Waals surface area contributed by atoms with E-state index in [4.69, 9.17) is 0 Å². The van der Waals surface area contributed by atoms with E-state index in [2.05, 4.69) is 31.9 Å². The fraction of sp³-hybridized carbons (Fsp3) is 0.556. The summed E-state index contributed by atoms with van der Waals surface area (Å²) < 4.78 is 0.941. The van der Waals surface area contributed by atoms with Crippen molar-refractivity contribution in [3.05, 3.63) is 34.3 Å². The van der Waals surface area contributed by atoms with Gasteiger partial charge in [-0.1, -0.05) is 28.8 Å². The normalized spacial score (nSPS) is 25.8. The second kappa shape index (κ2) is 8.12. The molecule has 3 rings (SSSR count). The third-order valence-corrected chi connectivity index (χ3v) is 5.52. The summed E-state index contributed by atoms with van der Waals surface area (Å²) in [7, 11) is 0. The lowest BCUT2D eigenvalue weighted by Gasteiger charge is -2.24. The van der Waals surface area contributed by atoms with E-state index in [0.717, 1.165) is 10.9 Å². The maximum Gasteiger partial charge on any atom is 0.251 e. The number of rotatable bonds is 5. The molecule has 3 N–H and O–H groups in total. The average Bonchev–Trinajstić information content (AvgIpc) is 3.03. The summed E-state index contributed by atoms with van der Waals surface area (Å²) in [5.74, 6) is 0.593. The van der Waals surface area contributed by atoms with Gasteiger partial charge in [-0.05, 0) is 49.4 Å². The molecular formula is C18H24BrN3O2. The number of halogens is 1. The van der Waals surface area contributed by atoms with Crippen molar-refractivity contribution < 1.29 is 9.59 Å². The van der Waals surface area contributed by atoms with Crippen molar-refractivity contribution in [2.24, 2.45) is 5.92 Å². The van der Waals surface area contributed by atoms with Gasteiger partial charge >= 0.3 is 0 Å². The number of fused-ring (bicyclic) bond motifs is 1. The van der Waals surface area contributed by atoms with Crippen LogP contribution in [0.5, 0.6) is 0 Å². The molecule has 2 aliphatic rings. The third kappa shape index (κ3) is 4.36. The molecule has 2 fully saturated rings. The minimum atomic E-state index is -0.123. The summed E-state index contributed by atoms with van der Waals surface area (Å²) in [6, 6.07) is 7.65. The highest BCUT2D eigenvalue weighted by atomic mass is 79.9. The maximum absolute atomic E-state index is 12.2. The Morgan fingerprint density at radius 1 is 1.08 bits per heavy atom. The highest BCUT2D eigenvalue weighted by molar-refractivity contribution is 9.10. The van der Waals surface area contributed by atoms with E-state index in [9.17, 15) is 9.59 Å². The molecule has 1 aliphatic carbocycles. The first kappa shape index (κ1) is 17.4. The SMILES string of the molecule is O=C(NCCNC(=O)C1CC2CCCCC2N1)c1ccc(Br)cc1. The van der Waals surface area contributed by atoms with Crippen LogP contribution in [-0.2, 0) is 4.79 Å². The number of amides is 2. The standard InChI is InChI=1S/C18H24BrN3O2/c19-14-7-5-12(6-8-14)17(23)20-9-10-21-18(24)16-11-13-3-1-2-4-15(13)22-16/h5-8,13,15-16,22H,1-4,9-11H2,(H,20,23)(H,21,24). The lowest BCUT2D eigenvalue weighted by molar-refractivity contribution is -0.122. The van der Waals surface area contributed by atoms with Crippen molar-refractivity contribution in [2.45, 2.75) is 44.2 Å². The van der Waals surface area contributed by atoms with Gasteiger partial charge < -0.3 is 16.0 Å². The highest BCUT2D eigenvalue weighted by Crippen LogP contribution is 2.33. The average molecular weight is 394 g/mol. The Kier molecular flexibility index (Phi) is 5.89. The van der Waals surface area contributed by atoms with Gasteiger partial charge in [0, 0.05) is 29.2 Å². The molecular weight excluding hydrogens is 370 g/mol. The monoisotopic (exact) mass is 393 g/mol. The Morgan fingerprint density at radius 2 is 1.79 bits per heavy atom. The van der Waals surface area contributed by atoms with E-state index >= 15 is 0 Å². The van der Waals surface area contributed by atoms with Gasteiger partial charge in [-0.25, -0.2) is 0 Å². The largest absolute Gasteiger partial charge is 0.353 e. The van der Waals surface area contributed by atoms with Crippen LogP contribution >= 0.6 is 15.9 Å². The zero-order valence-electron chi connectivity index (χ0n) is 13.7. The van der Waals surface area contributed by atoms with Crippen molar-refractivity contribution in [3.8, 4) is 0 Å². The lowest BCUT2D eigenvalue weighted by atomic mass is 9.85. The van der Waals surface area contributed by atoms with Crippen LogP contribution in [0.15, 0.2) is 28.7 Å². The van der Waals surface area contributed by atoms with E-state index < -0.39 is 0 Å². The Morgan fingerprint density at radius 3 is 2.54 bits per heavy atom. The molecule has 130 valence electrons. The Balaban J connectivity index is 1.36. The van der Waals surface area contributed by atoms with Gasteiger partial charge in [0.05, 0.1) is 6.04 Å². The fourth-order valence-electron chi connectivity index (χ4n) is 3.71. The molecule has 1 aliphatic heterocycles. The van der Waals surface area contributed by atoms with Gasteiger partial charge in [-0.2, -0.15) is 0 Å². The first-order valence-electron chi connectivity index (χ1n) is 8.71. The van der Waals surface area contributed by atoms with Crippen molar-refractivity contribution in [1.82, 2.24) is 16.0 Å². The predicted octanol–water partition coefficient (Wildman–Crippen LogP) is 2.22. The maximum atomic E-state index is 12.2. The lowest BCUT2D eigenvalue weighted by Crippen LogP contribution is -2.45. The van der Waals surface area contributed by atoms with E-state index in [1.807, 2.05) is 12.1 Å². The number of nitrogens with one attached hydrogen (secondary N) is 3. The molecule has 0 spiro atoms. The molecule has 1 saturated heterocycles. The van der Waals surface area contributed by atoms with Crippen LogP contribution in [-0.4, -0.2) is 37.0 Å². The highest BCUT2D eigenvalue weighted by Gasteiger charge is 2.37. The topological polar surface area (TPSA) is 70.2 Å². The van der Waals surface area contributed by atoms with Gasteiger partial charge in [0.25, 0.3) is 5.91 Å². The fourth-order valence-corrected chi connectivity index (χ4v) is 3.97. The van der Waals surface area contributed by atoms with Crippen LogP contribution in [0.4, 0.5) is 0 Å². The smallest absolute Gasteiger partial charge is 0.251 e. The first-order chi connectivity index (χ1) is 11.6.